The van der Waals surface area contributed by atoms with Crippen LogP contribution in [0.4, 0.5) is 11.5 Å². The number of fused-ring (bicyclic) bond motifs is 2. The fourth-order valence-electron chi connectivity index (χ4n) is 6.18. The molecule has 4 aliphatic rings. The minimum Gasteiger partial charge on any atom is -0.486 e. The maximum atomic E-state index is 12.1. The van der Waals surface area contributed by atoms with Gasteiger partial charge in [0, 0.05) is 63.1 Å². The number of nitrogens with one attached hydrogen (secondary N) is 1. The summed E-state index contributed by atoms with van der Waals surface area (Å²) in [5.41, 5.74) is 6.01. The molecule has 1 atom stereocenters. The van der Waals surface area contributed by atoms with Gasteiger partial charge >= 0.3 is 0 Å². The van der Waals surface area contributed by atoms with E-state index in [-0.39, 0.29) is 5.91 Å². The molecule has 1 aromatic carbocycles. The van der Waals surface area contributed by atoms with Gasteiger partial charge in [-0.3, -0.25) is 9.69 Å². The summed E-state index contributed by atoms with van der Waals surface area (Å²) in [7, 11) is 0. The summed E-state index contributed by atoms with van der Waals surface area (Å²) in [6.45, 7) is 9.66. The van der Waals surface area contributed by atoms with E-state index in [1.165, 1.54) is 16.7 Å². The predicted octanol–water partition coefficient (Wildman–Crippen LogP) is 3.94. The average molecular weight is 487 g/mol. The molecule has 1 N–H and O–H groups in total. The maximum absolute atomic E-state index is 12.1. The SMILES string of the molecule is CC#CC(=O)N1CC[C@H](N2CC(c3cc(C)c4c(c3)Nc3nccc(C5CCOCC5)c3CO4)C2)C1. The van der Waals surface area contributed by atoms with Gasteiger partial charge in [-0.05, 0) is 73.8 Å². The summed E-state index contributed by atoms with van der Waals surface area (Å²) in [5, 5.41) is 3.63. The number of amides is 1. The maximum Gasteiger partial charge on any atom is 0.298 e. The minimum atomic E-state index is -0.0432. The predicted molar refractivity (Wildman–Crippen MR) is 139 cm³/mol. The number of carbonyl (C=O) groups excluding carboxylic acids is 1. The number of aromatic nitrogens is 1. The van der Waals surface area contributed by atoms with Crippen LogP contribution < -0.4 is 10.1 Å². The molecule has 0 radical (unpaired) electrons. The first-order valence-electron chi connectivity index (χ1n) is 13.2. The van der Waals surface area contributed by atoms with Crippen molar-refractivity contribution in [3.8, 4) is 17.6 Å². The summed E-state index contributed by atoms with van der Waals surface area (Å²) in [6.07, 6.45) is 5.04. The first kappa shape index (κ1) is 23.3. The van der Waals surface area contributed by atoms with E-state index < -0.39 is 0 Å². The first-order chi connectivity index (χ1) is 17.6. The number of benzene rings is 1. The van der Waals surface area contributed by atoms with Crippen molar-refractivity contribution in [3.05, 3.63) is 46.6 Å². The van der Waals surface area contributed by atoms with E-state index in [0.29, 0.717) is 24.5 Å². The lowest BCUT2D eigenvalue weighted by atomic mass is 9.88. The zero-order valence-electron chi connectivity index (χ0n) is 21.2. The first-order valence-corrected chi connectivity index (χ1v) is 13.2. The topological polar surface area (TPSA) is 66.9 Å². The third-order valence-electron chi connectivity index (χ3n) is 8.24. The van der Waals surface area contributed by atoms with Crippen LogP contribution in [-0.4, -0.2) is 66.1 Å². The van der Waals surface area contributed by atoms with E-state index in [4.69, 9.17) is 14.5 Å². The summed E-state index contributed by atoms with van der Waals surface area (Å²) >= 11 is 0. The molecule has 4 aliphatic heterocycles. The molecule has 3 saturated heterocycles. The largest absolute Gasteiger partial charge is 0.486 e. The van der Waals surface area contributed by atoms with E-state index in [1.807, 2.05) is 11.1 Å². The van der Waals surface area contributed by atoms with Crippen molar-refractivity contribution in [1.82, 2.24) is 14.8 Å². The van der Waals surface area contributed by atoms with Crippen LogP contribution in [0.25, 0.3) is 0 Å². The van der Waals surface area contributed by atoms with Gasteiger partial charge in [0.05, 0.1) is 5.69 Å². The van der Waals surface area contributed by atoms with Gasteiger partial charge in [-0.2, -0.15) is 0 Å². The van der Waals surface area contributed by atoms with E-state index in [2.05, 4.69) is 47.2 Å². The molecule has 0 aliphatic carbocycles. The van der Waals surface area contributed by atoms with Gasteiger partial charge in [0.1, 0.15) is 18.2 Å². The van der Waals surface area contributed by atoms with E-state index in [0.717, 1.165) is 81.5 Å². The average Bonchev–Trinajstić information content (AvgIpc) is 3.25. The Labute approximate surface area is 213 Å². The highest BCUT2D eigenvalue weighted by Gasteiger charge is 2.38. The molecule has 6 rings (SSSR count). The van der Waals surface area contributed by atoms with Crippen LogP contribution in [0.15, 0.2) is 24.4 Å². The molecule has 1 aromatic heterocycles. The molecule has 36 heavy (non-hydrogen) atoms. The lowest BCUT2D eigenvalue weighted by Crippen LogP contribution is -2.51. The Balaban J connectivity index is 1.16. The molecule has 0 unspecified atom stereocenters. The summed E-state index contributed by atoms with van der Waals surface area (Å²) in [6, 6.07) is 7.13. The Hall–Kier alpha value is -3.08. The van der Waals surface area contributed by atoms with Crippen molar-refractivity contribution < 1.29 is 14.3 Å². The van der Waals surface area contributed by atoms with E-state index in [1.54, 1.807) is 6.92 Å². The molecule has 5 heterocycles. The third-order valence-corrected chi connectivity index (χ3v) is 8.24. The Morgan fingerprint density at radius 1 is 1.14 bits per heavy atom. The molecule has 1 amide bonds. The molecule has 188 valence electrons. The van der Waals surface area contributed by atoms with Gasteiger partial charge in [-0.25, -0.2) is 4.98 Å². The number of rotatable bonds is 3. The number of anilines is 2. The quantitative estimate of drug-likeness (QED) is 0.663. The Kier molecular flexibility index (Phi) is 6.32. The number of ether oxygens (including phenoxy) is 2. The normalized spacial score (nSPS) is 22.3. The van der Waals surface area contributed by atoms with E-state index in [9.17, 15) is 4.79 Å². The van der Waals surface area contributed by atoms with Crippen molar-refractivity contribution in [2.24, 2.45) is 0 Å². The van der Waals surface area contributed by atoms with Gasteiger partial charge in [0.15, 0.2) is 0 Å². The number of hydrogen-bond acceptors (Lipinski definition) is 6. The number of likely N-dealkylation sites (tertiary alicyclic amines) is 2. The second kappa shape index (κ2) is 9.76. The second-order valence-electron chi connectivity index (χ2n) is 10.5. The highest BCUT2D eigenvalue weighted by Crippen LogP contribution is 2.42. The smallest absolute Gasteiger partial charge is 0.298 e. The highest BCUT2D eigenvalue weighted by atomic mass is 16.5. The molecule has 0 bridgehead atoms. The van der Waals surface area contributed by atoms with Gasteiger partial charge in [0.25, 0.3) is 5.91 Å². The van der Waals surface area contributed by atoms with E-state index >= 15 is 0 Å². The van der Waals surface area contributed by atoms with Crippen LogP contribution in [0.1, 0.15) is 60.3 Å². The van der Waals surface area contributed by atoms with Crippen molar-refractivity contribution in [1.29, 1.82) is 0 Å². The van der Waals surface area contributed by atoms with Crippen molar-refractivity contribution in [2.75, 3.05) is 44.7 Å². The van der Waals surface area contributed by atoms with Gasteiger partial charge in [0.2, 0.25) is 0 Å². The molecule has 7 heteroatoms. The molecule has 3 fully saturated rings. The third kappa shape index (κ3) is 4.33. The van der Waals surface area contributed by atoms with Crippen LogP contribution >= 0.6 is 0 Å². The molecule has 0 spiro atoms. The number of carbonyl (C=O) groups is 1. The molecule has 7 nitrogen and oxygen atoms in total. The van der Waals surface area contributed by atoms with Crippen LogP contribution in [0.2, 0.25) is 0 Å². The Morgan fingerprint density at radius 2 is 1.97 bits per heavy atom. The second-order valence-corrected chi connectivity index (χ2v) is 10.5. The standard InChI is InChI=1S/C29H34N4O3/c1-3-4-27(34)32-10-6-23(17-32)33-15-22(16-33)21-13-19(2)28-26(14-21)31-29-25(18-36-28)24(5-9-30-29)20-7-11-35-12-8-20/h5,9,13-14,20,22-23H,6-8,10-12,15-18H2,1-2H3,(H,30,31)/t23-/m0/s1. The lowest BCUT2D eigenvalue weighted by Gasteiger charge is -2.43. The van der Waals surface area contributed by atoms with Crippen LogP contribution in [0, 0.1) is 18.8 Å². The van der Waals surface area contributed by atoms with Gasteiger partial charge in [-0.1, -0.05) is 12.0 Å². The number of pyridine rings is 1. The number of hydrogen-bond donors (Lipinski definition) is 1. The fraction of sp³-hybridized carbons (Fsp3) is 0.517. The molecular weight excluding hydrogens is 452 g/mol. The molecule has 0 saturated carbocycles. The molecule has 2 aromatic rings. The lowest BCUT2D eigenvalue weighted by molar-refractivity contribution is -0.124. The Morgan fingerprint density at radius 3 is 2.78 bits per heavy atom. The van der Waals surface area contributed by atoms with Crippen molar-refractivity contribution in [3.63, 3.8) is 0 Å². The van der Waals surface area contributed by atoms with Crippen molar-refractivity contribution >= 4 is 17.4 Å². The summed E-state index contributed by atoms with van der Waals surface area (Å²) in [5.74, 6) is 8.18. The summed E-state index contributed by atoms with van der Waals surface area (Å²) < 4.78 is 12.0. The summed E-state index contributed by atoms with van der Waals surface area (Å²) in [4.78, 5) is 21.2. The van der Waals surface area contributed by atoms with Gasteiger partial charge in [-0.15, -0.1) is 0 Å². The van der Waals surface area contributed by atoms with Crippen LogP contribution in [0.5, 0.6) is 5.75 Å². The zero-order chi connectivity index (χ0) is 24.6. The zero-order valence-corrected chi connectivity index (χ0v) is 21.2. The number of nitrogens with zero attached hydrogens (tertiary/aromatic N) is 3. The minimum absolute atomic E-state index is 0.0432. The fourth-order valence-corrected chi connectivity index (χ4v) is 6.18. The van der Waals surface area contributed by atoms with Crippen molar-refractivity contribution in [2.45, 2.75) is 57.6 Å². The van der Waals surface area contributed by atoms with Crippen LogP contribution in [0.3, 0.4) is 0 Å². The highest BCUT2D eigenvalue weighted by molar-refractivity contribution is 5.93. The monoisotopic (exact) mass is 486 g/mol. The Bertz CT molecular complexity index is 1220. The number of aryl methyl sites for hydroxylation is 1. The van der Waals surface area contributed by atoms with Crippen LogP contribution in [-0.2, 0) is 16.1 Å². The molecular formula is C29H34N4O3. The van der Waals surface area contributed by atoms with Gasteiger partial charge < -0.3 is 19.7 Å².